The average molecular weight is 395 g/mol. The van der Waals surface area contributed by atoms with Crippen molar-refractivity contribution in [3.8, 4) is 17.1 Å². The van der Waals surface area contributed by atoms with Crippen LogP contribution in [0.4, 0.5) is 0 Å². The first kappa shape index (κ1) is 18.5. The second-order valence-corrected chi connectivity index (χ2v) is 7.39. The quantitative estimate of drug-likeness (QED) is 0.443. The summed E-state index contributed by atoms with van der Waals surface area (Å²) in [7, 11) is 0. The molecular weight excluding hydrogens is 374 g/mol. The Balaban J connectivity index is 1.29. The van der Waals surface area contributed by atoms with Crippen LogP contribution in [0.1, 0.15) is 18.9 Å². The highest BCUT2D eigenvalue weighted by Crippen LogP contribution is 2.40. The Bertz CT molecular complexity index is 913. The number of ether oxygens (including phenoxy) is 1. The van der Waals surface area contributed by atoms with Gasteiger partial charge in [0.05, 0.1) is 12.3 Å². The Hall–Kier alpha value is -2.87. The van der Waals surface area contributed by atoms with Gasteiger partial charge in [-0.2, -0.15) is 0 Å². The number of pyridine rings is 1. The first-order valence-corrected chi connectivity index (χ1v) is 10.2. The second kappa shape index (κ2) is 8.88. The van der Waals surface area contributed by atoms with Crippen LogP contribution in [-0.4, -0.2) is 44.6 Å². The first-order valence-electron chi connectivity index (χ1n) is 9.24. The Kier molecular flexibility index (Phi) is 5.86. The Morgan fingerprint density at radius 3 is 2.68 bits per heavy atom. The predicted octanol–water partition coefficient (Wildman–Crippen LogP) is 2.96. The summed E-state index contributed by atoms with van der Waals surface area (Å²) in [4.78, 5) is 16.2. The van der Waals surface area contributed by atoms with Gasteiger partial charge in [-0.15, -0.1) is 10.2 Å². The zero-order valence-electron chi connectivity index (χ0n) is 15.3. The molecule has 2 heterocycles. The summed E-state index contributed by atoms with van der Waals surface area (Å²) in [6, 6.07) is 13.8. The van der Waals surface area contributed by atoms with Crippen LogP contribution in [0.3, 0.4) is 0 Å². The third-order valence-corrected chi connectivity index (χ3v) is 5.23. The third kappa shape index (κ3) is 4.69. The van der Waals surface area contributed by atoms with E-state index in [1.165, 1.54) is 11.8 Å². The lowest BCUT2D eigenvalue weighted by Crippen LogP contribution is -2.29. The van der Waals surface area contributed by atoms with Crippen molar-refractivity contribution in [2.75, 3.05) is 18.9 Å². The molecule has 0 atom stereocenters. The van der Waals surface area contributed by atoms with Crippen LogP contribution in [0.5, 0.6) is 5.75 Å². The molecule has 3 aromatic rings. The molecule has 1 aliphatic rings. The van der Waals surface area contributed by atoms with E-state index in [0.717, 1.165) is 35.1 Å². The topological polar surface area (TPSA) is 81.9 Å². The highest BCUT2D eigenvalue weighted by atomic mass is 32.2. The lowest BCUT2D eigenvalue weighted by atomic mass is 10.2. The molecule has 1 N–H and O–H groups in total. The minimum atomic E-state index is -0.0440. The molecule has 0 unspecified atom stereocenters. The molecule has 1 saturated carbocycles. The maximum Gasteiger partial charge on any atom is 0.230 e. The summed E-state index contributed by atoms with van der Waals surface area (Å²) in [5, 5.41) is 12.3. The maximum absolute atomic E-state index is 12.1. The molecule has 4 rings (SSSR count). The average Bonchev–Trinajstić information content (AvgIpc) is 3.50. The van der Waals surface area contributed by atoms with Gasteiger partial charge in [0.2, 0.25) is 5.91 Å². The van der Waals surface area contributed by atoms with Crippen LogP contribution in [-0.2, 0) is 4.79 Å². The largest absolute Gasteiger partial charge is 0.492 e. The lowest BCUT2D eigenvalue weighted by Gasteiger charge is -2.09. The van der Waals surface area contributed by atoms with Crippen molar-refractivity contribution >= 4 is 17.7 Å². The van der Waals surface area contributed by atoms with Gasteiger partial charge in [-0.3, -0.25) is 14.3 Å². The van der Waals surface area contributed by atoms with Crippen LogP contribution < -0.4 is 10.1 Å². The number of thioether (sulfide) groups is 1. The van der Waals surface area contributed by atoms with Crippen molar-refractivity contribution < 1.29 is 9.53 Å². The van der Waals surface area contributed by atoms with Crippen molar-refractivity contribution in [1.29, 1.82) is 0 Å². The van der Waals surface area contributed by atoms with Crippen LogP contribution in [0.25, 0.3) is 11.4 Å². The number of carbonyl (C=O) groups is 1. The van der Waals surface area contributed by atoms with Gasteiger partial charge in [0.1, 0.15) is 12.4 Å². The summed E-state index contributed by atoms with van der Waals surface area (Å²) < 4.78 is 7.72. The molecule has 0 bridgehead atoms. The van der Waals surface area contributed by atoms with E-state index >= 15 is 0 Å². The van der Waals surface area contributed by atoms with Gasteiger partial charge in [-0.05, 0) is 37.1 Å². The van der Waals surface area contributed by atoms with E-state index in [9.17, 15) is 4.79 Å². The van der Waals surface area contributed by atoms with Gasteiger partial charge >= 0.3 is 0 Å². The zero-order chi connectivity index (χ0) is 19.2. The molecule has 8 heteroatoms. The number of nitrogens with zero attached hydrogens (tertiary/aromatic N) is 4. The summed E-state index contributed by atoms with van der Waals surface area (Å²) in [6.07, 6.45) is 5.73. The molecule has 0 spiro atoms. The number of hydrogen-bond donors (Lipinski definition) is 1. The summed E-state index contributed by atoms with van der Waals surface area (Å²) in [5.41, 5.74) is 0.990. The van der Waals surface area contributed by atoms with Crippen LogP contribution >= 0.6 is 11.8 Å². The number of hydrogen-bond acceptors (Lipinski definition) is 6. The Morgan fingerprint density at radius 2 is 1.93 bits per heavy atom. The van der Waals surface area contributed by atoms with E-state index in [1.807, 2.05) is 42.5 Å². The van der Waals surface area contributed by atoms with Crippen LogP contribution in [0.2, 0.25) is 0 Å². The number of aromatic nitrogens is 4. The molecule has 0 radical (unpaired) electrons. The molecule has 0 aliphatic heterocycles. The highest BCUT2D eigenvalue weighted by Gasteiger charge is 2.30. The molecule has 1 fully saturated rings. The van der Waals surface area contributed by atoms with E-state index in [4.69, 9.17) is 4.74 Å². The fraction of sp³-hybridized carbons (Fsp3) is 0.300. The molecule has 2 aromatic heterocycles. The van der Waals surface area contributed by atoms with Crippen LogP contribution in [0, 0.1) is 0 Å². The fourth-order valence-corrected chi connectivity index (χ4v) is 3.63. The van der Waals surface area contributed by atoms with Gasteiger partial charge in [-0.25, -0.2) is 0 Å². The minimum Gasteiger partial charge on any atom is -0.492 e. The maximum atomic E-state index is 12.1. The molecule has 1 aliphatic carbocycles. The van der Waals surface area contributed by atoms with Gasteiger partial charge in [0.25, 0.3) is 0 Å². The SMILES string of the molecule is O=C(CSc1nnc(-c2ccncc2)n1C1CC1)NCCOc1ccccc1. The minimum absolute atomic E-state index is 0.0440. The summed E-state index contributed by atoms with van der Waals surface area (Å²) in [5.74, 6) is 1.89. The number of amides is 1. The molecule has 7 nitrogen and oxygen atoms in total. The highest BCUT2D eigenvalue weighted by molar-refractivity contribution is 7.99. The van der Waals surface area contributed by atoms with E-state index in [2.05, 4.69) is 25.1 Å². The number of para-hydroxylation sites is 1. The van der Waals surface area contributed by atoms with Gasteiger partial charge in [0, 0.05) is 24.0 Å². The van der Waals surface area contributed by atoms with Crippen molar-refractivity contribution in [2.45, 2.75) is 24.0 Å². The van der Waals surface area contributed by atoms with Crippen molar-refractivity contribution in [1.82, 2.24) is 25.1 Å². The smallest absolute Gasteiger partial charge is 0.230 e. The number of benzene rings is 1. The fourth-order valence-electron chi connectivity index (χ4n) is 2.79. The Labute approximate surface area is 167 Å². The molecule has 144 valence electrons. The predicted molar refractivity (Wildman–Crippen MR) is 107 cm³/mol. The third-order valence-electron chi connectivity index (χ3n) is 4.28. The van der Waals surface area contributed by atoms with Gasteiger partial charge in [-0.1, -0.05) is 30.0 Å². The lowest BCUT2D eigenvalue weighted by molar-refractivity contribution is -0.118. The summed E-state index contributed by atoms with van der Waals surface area (Å²) in [6.45, 7) is 0.900. The van der Waals surface area contributed by atoms with Crippen molar-refractivity contribution in [2.24, 2.45) is 0 Å². The summed E-state index contributed by atoms with van der Waals surface area (Å²) >= 11 is 1.41. The normalized spacial score (nSPS) is 13.3. The zero-order valence-corrected chi connectivity index (χ0v) is 16.1. The van der Waals surface area contributed by atoms with Crippen molar-refractivity contribution in [3.63, 3.8) is 0 Å². The monoisotopic (exact) mass is 395 g/mol. The molecule has 1 aromatic carbocycles. The number of nitrogens with one attached hydrogen (secondary N) is 1. The van der Waals surface area contributed by atoms with Crippen LogP contribution in [0.15, 0.2) is 60.0 Å². The molecule has 1 amide bonds. The standard InChI is InChI=1S/C20H21N5O2S/c26-18(22-12-13-27-17-4-2-1-3-5-17)14-28-20-24-23-19(25(20)16-6-7-16)15-8-10-21-11-9-15/h1-5,8-11,16H,6-7,12-14H2,(H,22,26). The first-order chi connectivity index (χ1) is 13.8. The van der Waals surface area contributed by atoms with E-state index in [1.54, 1.807) is 12.4 Å². The number of rotatable bonds is 9. The second-order valence-electron chi connectivity index (χ2n) is 6.44. The molecular formula is C20H21N5O2S. The molecule has 28 heavy (non-hydrogen) atoms. The van der Waals surface area contributed by atoms with E-state index in [-0.39, 0.29) is 5.91 Å². The van der Waals surface area contributed by atoms with E-state index in [0.29, 0.717) is 24.9 Å². The number of carbonyl (C=O) groups excluding carboxylic acids is 1. The molecule has 0 saturated heterocycles. The van der Waals surface area contributed by atoms with E-state index < -0.39 is 0 Å². The van der Waals surface area contributed by atoms with Crippen molar-refractivity contribution in [3.05, 3.63) is 54.9 Å². The Morgan fingerprint density at radius 1 is 1.14 bits per heavy atom. The van der Waals surface area contributed by atoms with Gasteiger partial charge in [0.15, 0.2) is 11.0 Å². The van der Waals surface area contributed by atoms with Gasteiger partial charge < -0.3 is 10.1 Å².